The van der Waals surface area contributed by atoms with E-state index in [9.17, 15) is 4.79 Å². The molecule has 1 fully saturated rings. The molecule has 1 N–H and O–H groups in total. The van der Waals surface area contributed by atoms with Gasteiger partial charge in [-0.3, -0.25) is 4.79 Å². The monoisotopic (exact) mass is 278 g/mol. The Morgan fingerprint density at radius 2 is 2.05 bits per heavy atom. The maximum Gasteiger partial charge on any atom is 0.209 e. The van der Waals surface area contributed by atoms with Gasteiger partial charge in [0.2, 0.25) is 6.41 Å². The summed E-state index contributed by atoms with van der Waals surface area (Å²) < 4.78 is 0. The van der Waals surface area contributed by atoms with Gasteiger partial charge in [-0.15, -0.1) is 0 Å². The van der Waals surface area contributed by atoms with E-state index in [2.05, 4.69) is 53.9 Å². The van der Waals surface area contributed by atoms with Crippen molar-refractivity contribution in [3.8, 4) is 0 Å². The molecule has 1 aliphatic heterocycles. The number of amides is 1. The molecular formula is C18H18N2O. The van der Waals surface area contributed by atoms with Crippen LogP contribution in [-0.2, 0) is 4.79 Å². The predicted molar refractivity (Wildman–Crippen MR) is 85.2 cm³/mol. The lowest BCUT2D eigenvalue weighted by Gasteiger charge is -2.36. The van der Waals surface area contributed by atoms with E-state index >= 15 is 0 Å². The molecule has 21 heavy (non-hydrogen) atoms. The number of nitrogens with one attached hydrogen (secondary N) is 1. The molecule has 0 bridgehead atoms. The van der Waals surface area contributed by atoms with Crippen LogP contribution in [0.4, 0.5) is 0 Å². The maximum atomic E-state index is 11.1. The SMILES string of the molecule is O=CN1CCNC(C2C=Cc3cccc4cccc2c34)C1. The minimum Gasteiger partial charge on any atom is -0.342 e. The van der Waals surface area contributed by atoms with Crippen LogP contribution in [-0.4, -0.2) is 37.0 Å². The molecular weight excluding hydrogens is 260 g/mol. The summed E-state index contributed by atoms with van der Waals surface area (Å²) in [7, 11) is 0. The fourth-order valence-electron chi connectivity index (χ4n) is 3.62. The van der Waals surface area contributed by atoms with Gasteiger partial charge < -0.3 is 10.2 Å². The maximum absolute atomic E-state index is 11.1. The third kappa shape index (κ3) is 2.05. The number of hydrogen-bond donors (Lipinski definition) is 1. The molecule has 2 unspecified atom stereocenters. The van der Waals surface area contributed by atoms with Crippen molar-refractivity contribution >= 4 is 23.3 Å². The topological polar surface area (TPSA) is 32.3 Å². The number of piperazine rings is 1. The fourth-order valence-corrected chi connectivity index (χ4v) is 3.62. The first-order chi connectivity index (χ1) is 10.4. The van der Waals surface area contributed by atoms with Crippen LogP contribution in [0.15, 0.2) is 42.5 Å². The summed E-state index contributed by atoms with van der Waals surface area (Å²) in [4.78, 5) is 12.9. The van der Waals surface area contributed by atoms with Crippen LogP contribution < -0.4 is 5.32 Å². The summed E-state index contributed by atoms with van der Waals surface area (Å²) in [6.07, 6.45) is 5.47. The largest absolute Gasteiger partial charge is 0.342 e. The Bertz CT molecular complexity index is 717. The third-order valence-electron chi connectivity index (χ3n) is 4.63. The number of rotatable bonds is 2. The lowest BCUT2D eigenvalue weighted by Crippen LogP contribution is -2.52. The van der Waals surface area contributed by atoms with Crippen molar-refractivity contribution in [3.63, 3.8) is 0 Å². The Kier molecular flexibility index (Phi) is 3.00. The molecule has 0 spiro atoms. The first-order valence-electron chi connectivity index (χ1n) is 7.49. The Morgan fingerprint density at radius 3 is 2.90 bits per heavy atom. The van der Waals surface area contributed by atoms with E-state index < -0.39 is 0 Å². The number of benzene rings is 2. The Hall–Kier alpha value is -2.13. The van der Waals surface area contributed by atoms with E-state index in [1.807, 2.05) is 4.90 Å². The average Bonchev–Trinajstić information content (AvgIpc) is 2.56. The number of carbonyl (C=O) groups excluding carboxylic acids is 1. The second kappa shape index (κ2) is 5.01. The van der Waals surface area contributed by atoms with Gasteiger partial charge in [0.1, 0.15) is 0 Å². The fraction of sp³-hybridized carbons (Fsp3) is 0.278. The molecule has 4 rings (SSSR count). The predicted octanol–water partition coefficient (Wildman–Crippen LogP) is 2.38. The minimum atomic E-state index is 0.291. The molecule has 0 radical (unpaired) electrons. The smallest absolute Gasteiger partial charge is 0.209 e. The van der Waals surface area contributed by atoms with Crippen LogP contribution in [0, 0.1) is 0 Å². The van der Waals surface area contributed by atoms with Gasteiger partial charge in [-0.2, -0.15) is 0 Å². The van der Waals surface area contributed by atoms with Gasteiger partial charge in [-0.25, -0.2) is 0 Å². The van der Waals surface area contributed by atoms with Crippen molar-refractivity contribution in [1.82, 2.24) is 10.2 Å². The van der Waals surface area contributed by atoms with Crippen LogP contribution >= 0.6 is 0 Å². The second-order valence-corrected chi connectivity index (χ2v) is 5.84. The van der Waals surface area contributed by atoms with Crippen LogP contribution in [0.1, 0.15) is 17.0 Å². The molecule has 2 atom stereocenters. The van der Waals surface area contributed by atoms with E-state index in [4.69, 9.17) is 0 Å². The van der Waals surface area contributed by atoms with Crippen molar-refractivity contribution in [2.75, 3.05) is 19.6 Å². The molecule has 3 nitrogen and oxygen atoms in total. The highest BCUT2D eigenvalue weighted by Gasteiger charge is 2.28. The van der Waals surface area contributed by atoms with Crippen molar-refractivity contribution in [2.45, 2.75) is 12.0 Å². The van der Waals surface area contributed by atoms with E-state index in [1.54, 1.807) is 0 Å². The van der Waals surface area contributed by atoms with Crippen molar-refractivity contribution in [2.24, 2.45) is 0 Å². The first kappa shape index (κ1) is 12.6. The Labute approximate surface area is 124 Å². The van der Waals surface area contributed by atoms with Crippen molar-refractivity contribution < 1.29 is 4.79 Å². The van der Waals surface area contributed by atoms with Crippen LogP contribution in [0.2, 0.25) is 0 Å². The molecule has 1 saturated heterocycles. The summed E-state index contributed by atoms with van der Waals surface area (Å²) in [5.41, 5.74) is 2.67. The molecule has 3 heteroatoms. The normalized spacial score (nSPS) is 24.3. The lowest BCUT2D eigenvalue weighted by atomic mass is 9.81. The standard InChI is InChI=1S/C18H18N2O/c21-12-20-10-9-19-17(11-20)15-8-7-14-4-1-3-13-5-2-6-16(15)18(13)14/h1-8,12,15,17,19H,9-11H2. The van der Waals surface area contributed by atoms with Gasteiger partial charge in [0, 0.05) is 31.6 Å². The molecule has 1 amide bonds. The third-order valence-corrected chi connectivity index (χ3v) is 4.63. The quantitative estimate of drug-likeness (QED) is 0.855. The lowest BCUT2D eigenvalue weighted by molar-refractivity contribution is -0.119. The molecule has 106 valence electrons. The van der Waals surface area contributed by atoms with Gasteiger partial charge in [0.05, 0.1) is 0 Å². The summed E-state index contributed by atoms with van der Waals surface area (Å²) >= 11 is 0. The molecule has 2 aromatic carbocycles. The number of hydrogen-bond acceptors (Lipinski definition) is 2. The highest BCUT2D eigenvalue weighted by atomic mass is 16.1. The van der Waals surface area contributed by atoms with Gasteiger partial charge in [0.25, 0.3) is 0 Å². The number of carbonyl (C=O) groups is 1. The van der Waals surface area contributed by atoms with E-state index in [-0.39, 0.29) is 0 Å². The molecule has 1 heterocycles. The summed E-state index contributed by atoms with van der Waals surface area (Å²) in [6, 6.07) is 13.3. The zero-order valence-electron chi connectivity index (χ0n) is 11.8. The first-order valence-corrected chi connectivity index (χ1v) is 7.49. The zero-order chi connectivity index (χ0) is 14.2. The van der Waals surface area contributed by atoms with Crippen LogP contribution in [0.3, 0.4) is 0 Å². The average molecular weight is 278 g/mol. The highest BCUT2D eigenvalue weighted by molar-refractivity contribution is 5.95. The van der Waals surface area contributed by atoms with Gasteiger partial charge in [-0.1, -0.05) is 48.6 Å². The molecule has 0 saturated carbocycles. The van der Waals surface area contributed by atoms with E-state index in [0.717, 1.165) is 26.0 Å². The summed E-state index contributed by atoms with van der Waals surface area (Å²) in [6.45, 7) is 2.44. The second-order valence-electron chi connectivity index (χ2n) is 5.84. The molecule has 0 aromatic heterocycles. The van der Waals surface area contributed by atoms with Gasteiger partial charge in [-0.05, 0) is 21.9 Å². The van der Waals surface area contributed by atoms with Crippen molar-refractivity contribution in [1.29, 1.82) is 0 Å². The summed E-state index contributed by atoms with van der Waals surface area (Å²) in [5, 5.41) is 6.23. The molecule has 2 aromatic rings. The van der Waals surface area contributed by atoms with E-state index in [0.29, 0.717) is 12.0 Å². The molecule has 1 aliphatic carbocycles. The minimum absolute atomic E-state index is 0.291. The molecule has 2 aliphatic rings. The Morgan fingerprint density at radius 1 is 1.19 bits per heavy atom. The highest BCUT2D eigenvalue weighted by Crippen LogP contribution is 2.36. The van der Waals surface area contributed by atoms with Crippen molar-refractivity contribution in [3.05, 3.63) is 53.6 Å². The van der Waals surface area contributed by atoms with E-state index in [1.165, 1.54) is 21.9 Å². The van der Waals surface area contributed by atoms with Gasteiger partial charge in [0.15, 0.2) is 0 Å². The van der Waals surface area contributed by atoms with Crippen LogP contribution in [0.5, 0.6) is 0 Å². The number of nitrogens with zero attached hydrogens (tertiary/aromatic N) is 1. The van der Waals surface area contributed by atoms with Gasteiger partial charge >= 0.3 is 0 Å². The Balaban J connectivity index is 1.78. The van der Waals surface area contributed by atoms with Crippen LogP contribution in [0.25, 0.3) is 16.8 Å². The summed E-state index contributed by atoms with van der Waals surface area (Å²) in [5.74, 6) is 0.325. The zero-order valence-corrected chi connectivity index (χ0v) is 11.8.